The maximum absolute atomic E-state index is 11.5. The van der Waals surface area contributed by atoms with Gasteiger partial charge in [0.1, 0.15) is 0 Å². The van der Waals surface area contributed by atoms with Crippen molar-refractivity contribution in [1.29, 1.82) is 0 Å². The van der Waals surface area contributed by atoms with Gasteiger partial charge in [0, 0.05) is 19.8 Å². The van der Waals surface area contributed by atoms with Crippen molar-refractivity contribution in [3.05, 3.63) is 0 Å². The number of hydrogen-bond donors (Lipinski definition) is 4. The summed E-state index contributed by atoms with van der Waals surface area (Å²) in [5, 5.41) is 22.3. The van der Waals surface area contributed by atoms with E-state index in [4.69, 9.17) is 14.9 Å². The van der Waals surface area contributed by atoms with E-state index in [0.717, 1.165) is 12.8 Å². The van der Waals surface area contributed by atoms with Crippen molar-refractivity contribution in [2.45, 2.75) is 25.8 Å². The summed E-state index contributed by atoms with van der Waals surface area (Å²) in [6.07, 6.45) is 1.71. The van der Waals surface area contributed by atoms with Crippen LogP contribution in [0.1, 0.15) is 19.8 Å². The van der Waals surface area contributed by atoms with Crippen LogP contribution in [0.5, 0.6) is 0 Å². The van der Waals surface area contributed by atoms with Crippen molar-refractivity contribution in [2.75, 3.05) is 26.4 Å². The normalized spacial score (nSPS) is 19.9. The minimum Gasteiger partial charge on any atom is -0.480 e. The van der Waals surface area contributed by atoms with Gasteiger partial charge in [-0.05, 0) is 18.3 Å². The second-order valence-corrected chi connectivity index (χ2v) is 4.82. The van der Waals surface area contributed by atoms with E-state index in [1.807, 2.05) is 0 Å². The summed E-state index contributed by atoms with van der Waals surface area (Å²) in [4.78, 5) is 22.1. The van der Waals surface area contributed by atoms with Crippen molar-refractivity contribution in [2.24, 2.45) is 5.41 Å². The minimum atomic E-state index is -1.27. The summed E-state index contributed by atoms with van der Waals surface area (Å²) in [5.41, 5.74) is -0.0203. The predicted molar refractivity (Wildman–Crippen MR) is 63.2 cm³/mol. The second-order valence-electron chi connectivity index (χ2n) is 4.82. The van der Waals surface area contributed by atoms with E-state index in [-0.39, 0.29) is 5.41 Å². The molecule has 0 bridgehead atoms. The summed E-state index contributed by atoms with van der Waals surface area (Å²) >= 11 is 0. The van der Waals surface area contributed by atoms with Gasteiger partial charge < -0.3 is 25.6 Å². The van der Waals surface area contributed by atoms with Gasteiger partial charge in [-0.25, -0.2) is 9.59 Å². The fraction of sp³-hybridized carbons (Fsp3) is 0.818. The lowest BCUT2D eigenvalue weighted by molar-refractivity contribution is -0.140. The number of aliphatic hydroxyl groups excluding tert-OH is 1. The molecule has 1 saturated heterocycles. The second kappa shape index (κ2) is 6.55. The highest BCUT2D eigenvalue weighted by molar-refractivity contribution is 5.82. The summed E-state index contributed by atoms with van der Waals surface area (Å²) in [7, 11) is 0. The first-order chi connectivity index (χ1) is 8.47. The van der Waals surface area contributed by atoms with Crippen molar-refractivity contribution in [1.82, 2.24) is 10.6 Å². The molecule has 1 aliphatic rings. The Labute approximate surface area is 106 Å². The van der Waals surface area contributed by atoms with E-state index in [1.54, 1.807) is 0 Å². The van der Waals surface area contributed by atoms with E-state index in [9.17, 15) is 9.59 Å². The molecule has 104 valence electrons. The maximum Gasteiger partial charge on any atom is 0.328 e. The Hall–Kier alpha value is -1.34. The summed E-state index contributed by atoms with van der Waals surface area (Å²) in [6, 6.07) is -1.85. The molecular formula is C11H20N2O5. The average molecular weight is 260 g/mol. The van der Waals surface area contributed by atoms with E-state index in [1.165, 1.54) is 0 Å². The van der Waals surface area contributed by atoms with Crippen molar-refractivity contribution < 1.29 is 24.5 Å². The SMILES string of the molecule is CC1(CNC(=O)N[C@H](CO)C(=O)O)CCOCC1. The van der Waals surface area contributed by atoms with Crippen LogP contribution in [0.4, 0.5) is 4.79 Å². The molecule has 1 rings (SSSR count). The van der Waals surface area contributed by atoms with E-state index >= 15 is 0 Å². The Kier molecular flexibility index (Phi) is 5.36. The standard InChI is InChI=1S/C11H20N2O5/c1-11(2-4-18-5-3-11)7-12-10(17)13-8(6-14)9(15)16/h8,14H,2-7H2,1H3,(H,15,16)(H2,12,13,17)/t8-/m1/s1. The molecule has 0 aromatic carbocycles. The third-order valence-electron chi connectivity index (χ3n) is 3.16. The number of aliphatic carboxylic acids is 1. The molecule has 1 fully saturated rings. The van der Waals surface area contributed by atoms with Crippen LogP contribution in [0.25, 0.3) is 0 Å². The van der Waals surface area contributed by atoms with Gasteiger partial charge in [-0.1, -0.05) is 6.92 Å². The first-order valence-corrected chi connectivity index (χ1v) is 5.93. The quantitative estimate of drug-likeness (QED) is 0.535. The average Bonchev–Trinajstić information content (AvgIpc) is 2.34. The zero-order valence-electron chi connectivity index (χ0n) is 10.4. The molecule has 1 heterocycles. The van der Waals surface area contributed by atoms with Crippen LogP contribution in [0.3, 0.4) is 0 Å². The van der Waals surface area contributed by atoms with E-state index < -0.39 is 24.6 Å². The van der Waals surface area contributed by atoms with Crippen LogP contribution in [-0.2, 0) is 9.53 Å². The fourth-order valence-corrected chi connectivity index (χ4v) is 1.73. The Bertz CT molecular complexity index is 302. The van der Waals surface area contributed by atoms with Crippen LogP contribution in [-0.4, -0.2) is 54.6 Å². The van der Waals surface area contributed by atoms with Gasteiger partial charge in [0.25, 0.3) is 0 Å². The Morgan fingerprint density at radius 1 is 1.39 bits per heavy atom. The van der Waals surface area contributed by atoms with Gasteiger partial charge in [0.2, 0.25) is 0 Å². The molecule has 0 aromatic rings. The molecule has 0 saturated carbocycles. The lowest BCUT2D eigenvalue weighted by Gasteiger charge is -2.33. The number of hydrogen-bond acceptors (Lipinski definition) is 4. The molecule has 0 spiro atoms. The van der Waals surface area contributed by atoms with Crippen molar-refractivity contribution >= 4 is 12.0 Å². The molecule has 18 heavy (non-hydrogen) atoms. The lowest BCUT2D eigenvalue weighted by atomic mass is 9.82. The van der Waals surface area contributed by atoms with Crippen LogP contribution in [0.2, 0.25) is 0 Å². The molecule has 4 N–H and O–H groups in total. The number of nitrogens with one attached hydrogen (secondary N) is 2. The van der Waals surface area contributed by atoms with Gasteiger partial charge in [-0.2, -0.15) is 0 Å². The zero-order valence-corrected chi connectivity index (χ0v) is 10.4. The first kappa shape index (κ1) is 14.7. The topological polar surface area (TPSA) is 108 Å². The largest absolute Gasteiger partial charge is 0.480 e. The number of carbonyl (C=O) groups is 2. The Morgan fingerprint density at radius 2 is 2.00 bits per heavy atom. The van der Waals surface area contributed by atoms with E-state index in [0.29, 0.717) is 19.8 Å². The lowest BCUT2D eigenvalue weighted by Crippen LogP contribution is -2.50. The number of urea groups is 1. The highest BCUT2D eigenvalue weighted by Gasteiger charge is 2.28. The van der Waals surface area contributed by atoms with Crippen molar-refractivity contribution in [3.8, 4) is 0 Å². The van der Waals surface area contributed by atoms with Gasteiger partial charge >= 0.3 is 12.0 Å². The third kappa shape index (κ3) is 4.50. The van der Waals surface area contributed by atoms with Gasteiger partial charge in [0.05, 0.1) is 6.61 Å². The summed E-state index contributed by atoms with van der Waals surface area (Å²) < 4.78 is 5.25. The number of rotatable bonds is 5. The van der Waals surface area contributed by atoms with Crippen molar-refractivity contribution in [3.63, 3.8) is 0 Å². The summed E-state index contributed by atoms with van der Waals surface area (Å²) in [6.45, 7) is 3.23. The van der Waals surface area contributed by atoms with E-state index in [2.05, 4.69) is 17.6 Å². The van der Waals surface area contributed by atoms with Gasteiger partial charge in [-0.3, -0.25) is 0 Å². The molecule has 0 aliphatic carbocycles. The highest BCUT2D eigenvalue weighted by atomic mass is 16.5. The number of carboxylic acids is 1. The molecule has 0 unspecified atom stereocenters. The number of carboxylic acid groups (broad SMARTS) is 1. The highest BCUT2D eigenvalue weighted by Crippen LogP contribution is 2.28. The van der Waals surface area contributed by atoms with Crippen LogP contribution in [0.15, 0.2) is 0 Å². The maximum atomic E-state index is 11.5. The number of carbonyl (C=O) groups excluding carboxylic acids is 1. The molecule has 1 aliphatic heterocycles. The predicted octanol–water partition coefficient (Wildman–Crippen LogP) is -0.452. The van der Waals surface area contributed by atoms with Gasteiger partial charge in [-0.15, -0.1) is 0 Å². The number of ether oxygens (including phenoxy) is 1. The molecule has 2 amide bonds. The molecule has 0 radical (unpaired) electrons. The molecule has 1 atom stereocenters. The molecule has 7 nitrogen and oxygen atoms in total. The third-order valence-corrected chi connectivity index (χ3v) is 3.16. The fourth-order valence-electron chi connectivity index (χ4n) is 1.73. The minimum absolute atomic E-state index is 0.0203. The number of aliphatic hydroxyl groups is 1. The molecular weight excluding hydrogens is 240 g/mol. The van der Waals surface area contributed by atoms with Crippen LogP contribution < -0.4 is 10.6 Å². The zero-order chi connectivity index (χ0) is 13.6. The van der Waals surface area contributed by atoms with Crippen LogP contribution >= 0.6 is 0 Å². The number of amides is 2. The molecule has 0 aromatic heterocycles. The first-order valence-electron chi connectivity index (χ1n) is 5.93. The monoisotopic (exact) mass is 260 g/mol. The Morgan fingerprint density at radius 3 is 2.50 bits per heavy atom. The smallest absolute Gasteiger partial charge is 0.328 e. The Balaban J connectivity index is 2.34. The van der Waals surface area contributed by atoms with Gasteiger partial charge in [0.15, 0.2) is 6.04 Å². The van der Waals surface area contributed by atoms with Crippen LogP contribution in [0, 0.1) is 5.41 Å². The molecule has 7 heteroatoms. The summed E-state index contributed by atoms with van der Waals surface area (Å²) in [5.74, 6) is -1.26.